The standard InChI is InChI=1S/C23H23FN2O2/c1-25-22(20-11-8-16-4-3-5-21(27-2)23(16)28-20)18-12-17(13-26-14-18)15-6-9-19(24)10-7-15/h3-7,9-10,12-14,20,22,25H,8,11H2,1-2H3/t20-,22-/m0/s1. The van der Waals surface area contributed by atoms with Gasteiger partial charge in [0.05, 0.1) is 13.2 Å². The Morgan fingerprint density at radius 1 is 1.14 bits per heavy atom. The minimum atomic E-state index is -0.246. The second kappa shape index (κ2) is 7.98. The van der Waals surface area contributed by atoms with Gasteiger partial charge in [0.15, 0.2) is 11.5 Å². The number of aromatic nitrogens is 1. The van der Waals surface area contributed by atoms with Crippen molar-refractivity contribution in [2.45, 2.75) is 25.0 Å². The van der Waals surface area contributed by atoms with Crippen LogP contribution >= 0.6 is 0 Å². The largest absolute Gasteiger partial charge is 0.493 e. The lowest BCUT2D eigenvalue weighted by molar-refractivity contribution is 0.127. The zero-order chi connectivity index (χ0) is 19.5. The van der Waals surface area contributed by atoms with Crippen LogP contribution < -0.4 is 14.8 Å². The number of fused-ring (bicyclic) bond motifs is 1. The molecule has 1 aliphatic rings. The molecule has 4 nitrogen and oxygen atoms in total. The van der Waals surface area contributed by atoms with Crippen molar-refractivity contribution in [1.29, 1.82) is 0 Å². The van der Waals surface area contributed by atoms with Crippen LogP contribution in [0.5, 0.6) is 11.5 Å². The highest BCUT2D eigenvalue weighted by Crippen LogP contribution is 2.39. The van der Waals surface area contributed by atoms with Crippen molar-refractivity contribution in [2.75, 3.05) is 14.2 Å². The van der Waals surface area contributed by atoms with Gasteiger partial charge < -0.3 is 14.8 Å². The van der Waals surface area contributed by atoms with Gasteiger partial charge in [-0.1, -0.05) is 24.3 Å². The third-order valence-corrected chi connectivity index (χ3v) is 5.23. The molecule has 1 aliphatic heterocycles. The van der Waals surface area contributed by atoms with Gasteiger partial charge in [-0.05, 0) is 60.8 Å². The number of hydrogen-bond acceptors (Lipinski definition) is 4. The molecule has 4 rings (SSSR count). The van der Waals surface area contributed by atoms with E-state index in [1.807, 2.05) is 25.4 Å². The monoisotopic (exact) mass is 378 g/mol. The summed E-state index contributed by atoms with van der Waals surface area (Å²) in [5.74, 6) is 1.34. The van der Waals surface area contributed by atoms with E-state index in [4.69, 9.17) is 9.47 Å². The van der Waals surface area contributed by atoms with E-state index < -0.39 is 0 Å². The summed E-state index contributed by atoms with van der Waals surface area (Å²) in [7, 11) is 3.59. The minimum Gasteiger partial charge on any atom is -0.493 e. The number of benzene rings is 2. The highest BCUT2D eigenvalue weighted by Gasteiger charge is 2.30. The van der Waals surface area contributed by atoms with Crippen molar-refractivity contribution in [3.8, 4) is 22.6 Å². The Morgan fingerprint density at radius 3 is 2.71 bits per heavy atom. The maximum Gasteiger partial charge on any atom is 0.164 e. The average molecular weight is 378 g/mol. The fourth-order valence-electron chi connectivity index (χ4n) is 3.79. The fourth-order valence-corrected chi connectivity index (χ4v) is 3.79. The van der Waals surface area contributed by atoms with Crippen LogP contribution in [-0.2, 0) is 6.42 Å². The molecule has 3 aromatic rings. The maximum atomic E-state index is 13.2. The number of para-hydroxylation sites is 1. The molecular weight excluding hydrogens is 355 g/mol. The molecule has 0 fully saturated rings. The number of ether oxygens (including phenoxy) is 2. The summed E-state index contributed by atoms with van der Waals surface area (Å²) in [5.41, 5.74) is 4.09. The molecule has 0 radical (unpaired) electrons. The molecule has 0 unspecified atom stereocenters. The van der Waals surface area contributed by atoms with E-state index in [0.29, 0.717) is 0 Å². The van der Waals surface area contributed by atoms with Gasteiger partial charge in [-0.2, -0.15) is 0 Å². The summed E-state index contributed by atoms with van der Waals surface area (Å²) in [5, 5.41) is 3.38. The Labute approximate surface area is 164 Å². The van der Waals surface area contributed by atoms with Crippen LogP contribution in [0.15, 0.2) is 60.9 Å². The van der Waals surface area contributed by atoms with Crippen LogP contribution in [0.4, 0.5) is 4.39 Å². The third kappa shape index (κ3) is 3.58. The Morgan fingerprint density at radius 2 is 1.96 bits per heavy atom. The number of likely N-dealkylation sites (N-methyl/N-ethyl adjacent to an activating group) is 1. The number of methoxy groups -OCH3 is 1. The molecule has 0 saturated heterocycles. The Kier molecular flexibility index (Phi) is 5.26. The second-order valence-corrected chi connectivity index (χ2v) is 6.92. The normalized spacial score (nSPS) is 16.8. The van der Waals surface area contributed by atoms with Crippen molar-refractivity contribution in [2.24, 2.45) is 0 Å². The van der Waals surface area contributed by atoms with Gasteiger partial charge in [0.25, 0.3) is 0 Å². The zero-order valence-electron chi connectivity index (χ0n) is 16.0. The minimum absolute atomic E-state index is 0.0223. The van der Waals surface area contributed by atoms with Crippen LogP contribution in [0.3, 0.4) is 0 Å². The first kappa shape index (κ1) is 18.4. The van der Waals surface area contributed by atoms with Crippen molar-refractivity contribution in [3.05, 3.63) is 77.9 Å². The Hall–Kier alpha value is -2.92. The first-order valence-electron chi connectivity index (χ1n) is 9.40. The van der Waals surface area contributed by atoms with E-state index in [-0.39, 0.29) is 18.0 Å². The molecule has 2 aromatic carbocycles. The molecule has 0 amide bonds. The van der Waals surface area contributed by atoms with E-state index in [2.05, 4.69) is 22.4 Å². The van der Waals surface area contributed by atoms with E-state index in [9.17, 15) is 4.39 Å². The fraction of sp³-hybridized carbons (Fsp3) is 0.261. The van der Waals surface area contributed by atoms with E-state index >= 15 is 0 Å². The Balaban J connectivity index is 1.63. The predicted octanol–water partition coefficient (Wildman–Crippen LogP) is 4.55. The summed E-state index contributed by atoms with van der Waals surface area (Å²) < 4.78 is 25.1. The molecule has 2 atom stereocenters. The predicted molar refractivity (Wildman–Crippen MR) is 107 cm³/mol. The highest BCUT2D eigenvalue weighted by molar-refractivity contribution is 5.63. The van der Waals surface area contributed by atoms with Gasteiger partial charge >= 0.3 is 0 Å². The summed E-state index contributed by atoms with van der Waals surface area (Å²) in [6.45, 7) is 0. The van der Waals surface area contributed by atoms with Gasteiger partial charge in [0.2, 0.25) is 0 Å². The molecule has 0 saturated carbocycles. The lowest BCUT2D eigenvalue weighted by Gasteiger charge is -2.33. The third-order valence-electron chi connectivity index (χ3n) is 5.23. The molecule has 2 heterocycles. The molecule has 144 valence electrons. The molecule has 0 bridgehead atoms. The van der Waals surface area contributed by atoms with Crippen LogP contribution in [0, 0.1) is 5.82 Å². The second-order valence-electron chi connectivity index (χ2n) is 6.92. The quantitative estimate of drug-likeness (QED) is 0.707. The number of nitrogens with one attached hydrogen (secondary N) is 1. The Bertz CT molecular complexity index is 945. The topological polar surface area (TPSA) is 43.4 Å². The number of aryl methyl sites for hydroxylation is 1. The molecule has 5 heteroatoms. The molecule has 0 aliphatic carbocycles. The van der Waals surface area contributed by atoms with Crippen LogP contribution in [0.25, 0.3) is 11.1 Å². The summed E-state index contributed by atoms with van der Waals surface area (Å²) in [6.07, 6.45) is 5.44. The molecule has 1 aromatic heterocycles. The molecule has 1 N–H and O–H groups in total. The van der Waals surface area contributed by atoms with Gasteiger partial charge in [-0.3, -0.25) is 4.98 Å². The number of rotatable bonds is 5. The van der Waals surface area contributed by atoms with Crippen LogP contribution in [0.2, 0.25) is 0 Å². The van der Waals surface area contributed by atoms with Gasteiger partial charge in [-0.15, -0.1) is 0 Å². The number of nitrogens with zero attached hydrogens (tertiary/aromatic N) is 1. The van der Waals surface area contributed by atoms with Gasteiger partial charge in [0.1, 0.15) is 11.9 Å². The number of pyridine rings is 1. The maximum absolute atomic E-state index is 13.2. The molecular formula is C23H23FN2O2. The van der Waals surface area contributed by atoms with Crippen molar-refractivity contribution in [3.63, 3.8) is 0 Å². The number of hydrogen-bond donors (Lipinski definition) is 1. The lowest BCUT2D eigenvalue weighted by atomic mass is 9.93. The van der Waals surface area contributed by atoms with Crippen LogP contribution in [0.1, 0.15) is 23.6 Å². The summed E-state index contributed by atoms with van der Waals surface area (Å²) in [6, 6.07) is 14.5. The van der Waals surface area contributed by atoms with Gasteiger partial charge in [-0.25, -0.2) is 4.39 Å². The first-order valence-corrected chi connectivity index (χ1v) is 9.40. The summed E-state index contributed by atoms with van der Waals surface area (Å²) >= 11 is 0. The van der Waals surface area contributed by atoms with Crippen molar-refractivity contribution < 1.29 is 13.9 Å². The van der Waals surface area contributed by atoms with E-state index in [1.54, 1.807) is 25.4 Å². The van der Waals surface area contributed by atoms with E-state index in [1.165, 1.54) is 17.7 Å². The van der Waals surface area contributed by atoms with Crippen molar-refractivity contribution >= 4 is 0 Å². The van der Waals surface area contributed by atoms with Gasteiger partial charge in [0, 0.05) is 18.0 Å². The lowest BCUT2D eigenvalue weighted by Crippen LogP contribution is -2.36. The molecule has 28 heavy (non-hydrogen) atoms. The highest BCUT2D eigenvalue weighted by atomic mass is 19.1. The SMILES string of the molecule is CN[C@@H](c1cncc(-c2ccc(F)cc2)c1)[C@@H]1CCc2cccc(OC)c2O1. The number of halogens is 1. The average Bonchev–Trinajstić information content (AvgIpc) is 2.74. The van der Waals surface area contributed by atoms with Crippen LogP contribution in [-0.4, -0.2) is 25.2 Å². The smallest absolute Gasteiger partial charge is 0.164 e. The van der Waals surface area contributed by atoms with Crippen molar-refractivity contribution in [1.82, 2.24) is 10.3 Å². The first-order chi connectivity index (χ1) is 13.7. The summed E-state index contributed by atoms with van der Waals surface area (Å²) in [4.78, 5) is 4.41. The zero-order valence-corrected chi connectivity index (χ0v) is 16.0. The van der Waals surface area contributed by atoms with E-state index in [0.717, 1.165) is 41.0 Å². The molecule has 0 spiro atoms.